The lowest BCUT2D eigenvalue weighted by atomic mass is 9.96. The summed E-state index contributed by atoms with van der Waals surface area (Å²) in [5, 5.41) is 3.50. The van der Waals surface area contributed by atoms with E-state index in [0.717, 1.165) is 31.9 Å². The van der Waals surface area contributed by atoms with E-state index in [2.05, 4.69) is 41.4 Å². The summed E-state index contributed by atoms with van der Waals surface area (Å²) in [6.45, 7) is 6.61. The minimum absolute atomic E-state index is 0.537. The summed E-state index contributed by atoms with van der Waals surface area (Å²) in [6, 6.07) is 9.79. The Hall–Kier alpha value is -1.06. The first-order valence-electron chi connectivity index (χ1n) is 7.58. The average molecular weight is 260 g/mol. The van der Waals surface area contributed by atoms with E-state index in [0.29, 0.717) is 12.1 Å². The molecule has 3 heteroatoms. The van der Waals surface area contributed by atoms with Gasteiger partial charge in [0.1, 0.15) is 5.75 Å². The summed E-state index contributed by atoms with van der Waals surface area (Å²) in [5.74, 6) is 1.09. The van der Waals surface area contributed by atoms with Crippen LogP contribution in [0.4, 0.5) is 0 Å². The predicted octanol–water partition coefficient (Wildman–Crippen LogP) is 2.58. The third-order valence-electron chi connectivity index (χ3n) is 4.31. The fourth-order valence-corrected chi connectivity index (χ4v) is 3.44. The molecule has 1 saturated heterocycles. The number of hydrogen-bond acceptors (Lipinski definition) is 3. The van der Waals surface area contributed by atoms with Gasteiger partial charge in [-0.2, -0.15) is 0 Å². The van der Waals surface area contributed by atoms with Gasteiger partial charge in [0.25, 0.3) is 0 Å². The first-order chi connectivity index (χ1) is 9.40. The number of rotatable bonds is 4. The fourth-order valence-electron chi connectivity index (χ4n) is 3.44. The molecule has 1 N–H and O–H groups in total. The molecule has 1 aromatic rings. The van der Waals surface area contributed by atoms with Gasteiger partial charge in [0, 0.05) is 30.6 Å². The molecular weight excluding hydrogens is 236 g/mol. The molecule has 19 heavy (non-hydrogen) atoms. The van der Waals surface area contributed by atoms with E-state index in [-0.39, 0.29) is 0 Å². The molecule has 3 nitrogen and oxygen atoms in total. The molecule has 0 bridgehead atoms. The van der Waals surface area contributed by atoms with E-state index in [1.54, 1.807) is 0 Å². The zero-order chi connectivity index (χ0) is 13.1. The third kappa shape index (κ3) is 2.63. The van der Waals surface area contributed by atoms with Crippen LogP contribution in [0.1, 0.15) is 37.8 Å². The molecule has 2 unspecified atom stereocenters. The first kappa shape index (κ1) is 12.9. The number of nitrogens with zero attached hydrogens (tertiary/aromatic N) is 1. The molecule has 0 aromatic heterocycles. The molecule has 2 atom stereocenters. The van der Waals surface area contributed by atoms with Gasteiger partial charge < -0.3 is 10.1 Å². The van der Waals surface area contributed by atoms with Crippen molar-refractivity contribution in [3.8, 4) is 5.75 Å². The fraction of sp³-hybridized carbons (Fsp3) is 0.625. The molecule has 0 spiro atoms. The van der Waals surface area contributed by atoms with Crippen molar-refractivity contribution in [3.63, 3.8) is 0 Å². The number of fused-ring (bicyclic) bond motifs is 1. The van der Waals surface area contributed by atoms with Crippen LogP contribution in [0, 0.1) is 0 Å². The topological polar surface area (TPSA) is 24.5 Å². The van der Waals surface area contributed by atoms with Crippen LogP contribution in [0.5, 0.6) is 5.75 Å². The number of ether oxygens (including phenoxy) is 1. The van der Waals surface area contributed by atoms with Crippen molar-refractivity contribution in [2.24, 2.45) is 0 Å². The van der Waals surface area contributed by atoms with Crippen LogP contribution in [0.25, 0.3) is 0 Å². The van der Waals surface area contributed by atoms with E-state index in [9.17, 15) is 0 Å². The Morgan fingerprint density at radius 3 is 3.00 bits per heavy atom. The molecule has 3 rings (SSSR count). The van der Waals surface area contributed by atoms with Gasteiger partial charge in [0.15, 0.2) is 0 Å². The maximum Gasteiger partial charge on any atom is 0.124 e. The lowest BCUT2D eigenvalue weighted by molar-refractivity contribution is 0.103. The second-order valence-electron chi connectivity index (χ2n) is 5.58. The first-order valence-corrected chi connectivity index (χ1v) is 7.58. The van der Waals surface area contributed by atoms with Crippen LogP contribution >= 0.6 is 0 Å². The van der Waals surface area contributed by atoms with Gasteiger partial charge >= 0.3 is 0 Å². The molecule has 104 valence electrons. The van der Waals surface area contributed by atoms with E-state index in [4.69, 9.17) is 4.74 Å². The summed E-state index contributed by atoms with van der Waals surface area (Å²) >= 11 is 0. The van der Waals surface area contributed by atoms with Crippen molar-refractivity contribution in [2.75, 3.05) is 26.2 Å². The SMILES string of the molecule is CCCN(C1CCNC1)C1CCOc2ccccc21. The van der Waals surface area contributed by atoms with Crippen molar-refractivity contribution in [1.82, 2.24) is 10.2 Å². The summed E-state index contributed by atoms with van der Waals surface area (Å²) in [7, 11) is 0. The van der Waals surface area contributed by atoms with Crippen molar-refractivity contribution in [3.05, 3.63) is 29.8 Å². The smallest absolute Gasteiger partial charge is 0.124 e. The molecule has 2 aliphatic heterocycles. The molecule has 1 aromatic carbocycles. The number of nitrogens with one attached hydrogen (secondary N) is 1. The normalized spacial score (nSPS) is 26.2. The molecule has 1 fully saturated rings. The quantitative estimate of drug-likeness (QED) is 0.900. The largest absolute Gasteiger partial charge is 0.493 e. The molecule has 2 heterocycles. The summed E-state index contributed by atoms with van der Waals surface area (Å²) < 4.78 is 5.80. The van der Waals surface area contributed by atoms with Crippen LogP contribution in [0.15, 0.2) is 24.3 Å². The Kier molecular flexibility index (Phi) is 4.04. The standard InChI is InChI=1S/C16H24N2O/c1-2-10-18(13-7-9-17-12-13)15-8-11-19-16-6-4-3-5-14(15)16/h3-6,13,15,17H,2,7-12H2,1H3. The molecule has 0 amide bonds. The molecule has 0 radical (unpaired) electrons. The van der Waals surface area contributed by atoms with Crippen LogP contribution in [0.3, 0.4) is 0 Å². The van der Waals surface area contributed by atoms with Crippen LogP contribution < -0.4 is 10.1 Å². The van der Waals surface area contributed by atoms with Crippen molar-refractivity contribution < 1.29 is 4.74 Å². The zero-order valence-corrected chi connectivity index (χ0v) is 11.8. The molecule has 2 aliphatic rings. The highest BCUT2D eigenvalue weighted by Crippen LogP contribution is 2.37. The van der Waals surface area contributed by atoms with Gasteiger partial charge in [-0.25, -0.2) is 0 Å². The molecule has 0 saturated carbocycles. The van der Waals surface area contributed by atoms with E-state index in [1.165, 1.54) is 24.9 Å². The van der Waals surface area contributed by atoms with Crippen molar-refractivity contribution >= 4 is 0 Å². The highest BCUT2D eigenvalue weighted by Gasteiger charge is 2.32. The Balaban J connectivity index is 1.86. The van der Waals surface area contributed by atoms with Crippen LogP contribution in [0.2, 0.25) is 0 Å². The lowest BCUT2D eigenvalue weighted by Gasteiger charge is -2.39. The maximum atomic E-state index is 5.80. The zero-order valence-electron chi connectivity index (χ0n) is 11.8. The summed E-state index contributed by atoms with van der Waals surface area (Å²) in [5.41, 5.74) is 1.38. The second-order valence-corrected chi connectivity index (χ2v) is 5.58. The van der Waals surface area contributed by atoms with Crippen molar-refractivity contribution in [1.29, 1.82) is 0 Å². The number of benzene rings is 1. The third-order valence-corrected chi connectivity index (χ3v) is 4.31. The van der Waals surface area contributed by atoms with Gasteiger partial charge in [0.05, 0.1) is 6.61 Å². The minimum Gasteiger partial charge on any atom is -0.493 e. The van der Waals surface area contributed by atoms with Gasteiger partial charge in [-0.15, -0.1) is 0 Å². The van der Waals surface area contributed by atoms with Gasteiger partial charge in [0.2, 0.25) is 0 Å². The predicted molar refractivity (Wildman–Crippen MR) is 77.6 cm³/mol. The highest BCUT2D eigenvalue weighted by molar-refractivity contribution is 5.37. The average Bonchev–Trinajstić information content (AvgIpc) is 2.98. The molecule has 0 aliphatic carbocycles. The minimum atomic E-state index is 0.537. The van der Waals surface area contributed by atoms with Crippen LogP contribution in [-0.4, -0.2) is 37.2 Å². The second kappa shape index (κ2) is 5.93. The van der Waals surface area contributed by atoms with Crippen LogP contribution in [-0.2, 0) is 0 Å². The van der Waals surface area contributed by atoms with E-state index in [1.807, 2.05) is 0 Å². The Morgan fingerprint density at radius 1 is 1.32 bits per heavy atom. The Labute approximate surface area is 115 Å². The highest BCUT2D eigenvalue weighted by atomic mass is 16.5. The maximum absolute atomic E-state index is 5.80. The number of para-hydroxylation sites is 1. The van der Waals surface area contributed by atoms with E-state index < -0.39 is 0 Å². The Morgan fingerprint density at radius 2 is 2.21 bits per heavy atom. The summed E-state index contributed by atoms with van der Waals surface area (Å²) in [4.78, 5) is 2.71. The van der Waals surface area contributed by atoms with E-state index >= 15 is 0 Å². The number of hydrogen-bond donors (Lipinski definition) is 1. The lowest BCUT2D eigenvalue weighted by Crippen LogP contribution is -2.42. The van der Waals surface area contributed by atoms with Gasteiger partial charge in [-0.3, -0.25) is 4.90 Å². The summed E-state index contributed by atoms with van der Waals surface area (Å²) in [6.07, 6.45) is 3.61. The molecular formula is C16H24N2O. The monoisotopic (exact) mass is 260 g/mol. The van der Waals surface area contributed by atoms with Gasteiger partial charge in [-0.1, -0.05) is 25.1 Å². The van der Waals surface area contributed by atoms with Crippen molar-refractivity contribution in [2.45, 2.75) is 38.3 Å². The van der Waals surface area contributed by atoms with Gasteiger partial charge in [-0.05, 0) is 32.0 Å². The Bertz CT molecular complexity index is 415.